The van der Waals surface area contributed by atoms with E-state index in [1.54, 1.807) is 0 Å². The lowest BCUT2D eigenvalue weighted by atomic mass is 10.1. The molecule has 2 heterocycles. The number of benzene rings is 1. The standard InChI is InChI=1S/C15H19FN2O4S/c1-11-10-13(15(19)22-11)17-6-8-18(9-7-17)23(20,21)14-5-3-2-4-12(14)16/h2-5,11,13H,6-10H2,1H3/t11-,13-/m1/s1. The molecule has 0 saturated carbocycles. The molecule has 6 nitrogen and oxygen atoms in total. The molecule has 3 rings (SSSR count). The molecule has 0 bridgehead atoms. The van der Waals surface area contributed by atoms with E-state index in [1.165, 1.54) is 22.5 Å². The van der Waals surface area contributed by atoms with Crippen molar-refractivity contribution >= 4 is 16.0 Å². The van der Waals surface area contributed by atoms with Crippen LogP contribution in [0, 0.1) is 5.82 Å². The molecule has 0 aliphatic carbocycles. The number of rotatable bonds is 3. The molecular formula is C15H19FN2O4S. The van der Waals surface area contributed by atoms with Gasteiger partial charge >= 0.3 is 5.97 Å². The average molecular weight is 342 g/mol. The Labute approximate surface area is 134 Å². The number of hydrogen-bond acceptors (Lipinski definition) is 5. The Morgan fingerprint density at radius 1 is 1.17 bits per heavy atom. The maximum atomic E-state index is 13.8. The summed E-state index contributed by atoms with van der Waals surface area (Å²) in [6.07, 6.45) is 0.520. The third-order valence-electron chi connectivity index (χ3n) is 4.31. The van der Waals surface area contributed by atoms with Crippen molar-refractivity contribution < 1.29 is 22.3 Å². The Morgan fingerprint density at radius 3 is 2.39 bits per heavy atom. The molecule has 1 aromatic rings. The van der Waals surface area contributed by atoms with Gasteiger partial charge in [-0.2, -0.15) is 4.31 Å². The molecule has 0 aromatic heterocycles. The second-order valence-corrected chi connectivity index (χ2v) is 7.78. The van der Waals surface area contributed by atoms with Crippen LogP contribution in [-0.4, -0.2) is 61.9 Å². The number of piperazine rings is 1. The highest BCUT2D eigenvalue weighted by Gasteiger charge is 2.39. The molecule has 2 fully saturated rings. The smallest absolute Gasteiger partial charge is 0.323 e. The summed E-state index contributed by atoms with van der Waals surface area (Å²) >= 11 is 0. The quantitative estimate of drug-likeness (QED) is 0.762. The number of cyclic esters (lactones) is 1. The van der Waals surface area contributed by atoms with Crippen LogP contribution in [0.2, 0.25) is 0 Å². The SMILES string of the molecule is C[C@@H]1C[C@@H](N2CCN(S(=O)(=O)c3ccccc3F)CC2)C(=O)O1. The van der Waals surface area contributed by atoms with Gasteiger partial charge in [0.25, 0.3) is 0 Å². The molecule has 0 radical (unpaired) electrons. The van der Waals surface area contributed by atoms with Crippen molar-refractivity contribution in [1.29, 1.82) is 0 Å². The van der Waals surface area contributed by atoms with Gasteiger partial charge in [-0.25, -0.2) is 12.8 Å². The van der Waals surface area contributed by atoms with E-state index in [0.717, 1.165) is 6.07 Å². The molecule has 0 N–H and O–H groups in total. The van der Waals surface area contributed by atoms with Crippen LogP contribution < -0.4 is 0 Å². The van der Waals surface area contributed by atoms with Gasteiger partial charge in [-0.15, -0.1) is 0 Å². The number of sulfonamides is 1. The number of carbonyl (C=O) groups excluding carboxylic acids is 1. The van der Waals surface area contributed by atoms with Crippen LogP contribution in [0.1, 0.15) is 13.3 Å². The van der Waals surface area contributed by atoms with Crippen LogP contribution in [0.5, 0.6) is 0 Å². The van der Waals surface area contributed by atoms with Gasteiger partial charge in [-0.3, -0.25) is 9.69 Å². The second-order valence-electron chi connectivity index (χ2n) is 5.87. The van der Waals surface area contributed by atoms with Crippen molar-refractivity contribution in [3.05, 3.63) is 30.1 Å². The zero-order valence-corrected chi connectivity index (χ0v) is 13.6. The largest absolute Gasteiger partial charge is 0.461 e. The minimum absolute atomic E-state index is 0.104. The van der Waals surface area contributed by atoms with Crippen molar-refractivity contribution in [1.82, 2.24) is 9.21 Å². The topological polar surface area (TPSA) is 66.9 Å². The molecule has 1 aromatic carbocycles. The van der Waals surface area contributed by atoms with Gasteiger partial charge in [0.1, 0.15) is 22.9 Å². The average Bonchev–Trinajstić information content (AvgIpc) is 2.86. The number of hydrogen-bond donors (Lipinski definition) is 0. The fourth-order valence-corrected chi connectivity index (χ4v) is 4.57. The van der Waals surface area contributed by atoms with Crippen LogP contribution in [0.25, 0.3) is 0 Å². The van der Waals surface area contributed by atoms with Crippen LogP contribution in [0.15, 0.2) is 29.2 Å². The lowest BCUT2D eigenvalue weighted by molar-refractivity contribution is -0.145. The molecule has 0 unspecified atom stereocenters. The first-order valence-electron chi connectivity index (χ1n) is 7.59. The summed E-state index contributed by atoms with van der Waals surface area (Å²) in [5.74, 6) is -0.994. The molecule has 0 amide bonds. The van der Waals surface area contributed by atoms with E-state index in [0.29, 0.717) is 19.5 Å². The van der Waals surface area contributed by atoms with Gasteiger partial charge in [0.05, 0.1) is 0 Å². The van der Waals surface area contributed by atoms with Gasteiger partial charge in [0.15, 0.2) is 0 Å². The van der Waals surface area contributed by atoms with Crippen LogP contribution in [0.4, 0.5) is 4.39 Å². The summed E-state index contributed by atoms with van der Waals surface area (Å²) in [5, 5.41) is 0. The predicted octanol–water partition coefficient (Wildman–Crippen LogP) is 0.836. The molecule has 2 saturated heterocycles. The van der Waals surface area contributed by atoms with Crippen molar-refractivity contribution in [2.45, 2.75) is 30.4 Å². The van der Waals surface area contributed by atoms with E-state index in [1.807, 2.05) is 11.8 Å². The Morgan fingerprint density at radius 2 is 1.83 bits per heavy atom. The minimum Gasteiger partial charge on any atom is -0.461 e. The molecule has 2 aliphatic rings. The fourth-order valence-electron chi connectivity index (χ4n) is 3.08. The lowest BCUT2D eigenvalue weighted by Gasteiger charge is -2.35. The fraction of sp³-hybridized carbons (Fsp3) is 0.533. The van der Waals surface area contributed by atoms with Crippen LogP contribution >= 0.6 is 0 Å². The number of esters is 1. The first kappa shape index (κ1) is 16.4. The summed E-state index contributed by atoms with van der Waals surface area (Å²) in [7, 11) is -3.85. The summed E-state index contributed by atoms with van der Waals surface area (Å²) in [4.78, 5) is 13.4. The van der Waals surface area contributed by atoms with Crippen molar-refractivity contribution in [3.63, 3.8) is 0 Å². The van der Waals surface area contributed by atoms with Crippen LogP contribution in [0.3, 0.4) is 0 Å². The monoisotopic (exact) mass is 342 g/mol. The Hall–Kier alpha value is -1.51. The maximum Gasteiger partial charge on any atom is 0.323 e. The molecule has 126 valence electrons. The maximum absolute atomic E-state index is 13.8. The van der Waals surface area contributed by atoms with Crippen molar-refractivity contribution in [2.24, 2.45) is 0 Å². The number of carbonyl (C=O) groups is 1. The summed E-state index contributed by atoms with van der Waals surface area (Å²) < 4.78 is 45.2. The van der Waals surface area contributed by atoms with Crippen molar-refractivity contribution in [2.75, 3.05) is 26.2 Å². The van der Waals surface area contributed by atoms with Gasteiger partial charge < -0.3 is 4.74 Å². The first-order valence-corrected chi connectivity index (χ1v) is 9.03. The minimum atomic E-state index is -3.85. The Bertz CT molecular complexity index is 701. The number of ether oxygens (including phenoxy) is 1. The highest BCUT2D eigenvalue weighted by molar-refractivity contribution is 7.89. The summed E-state index contributed by atoms with van der Waals surface area (Å²) in [6, 6.07) is 5.07. The molecule has 23 heavy (non-hydrogen) atoms. The molecule has 2 aliphatic heterocycles. The normalized spacial score (nSPS) is 27.1. The van der Waals surface area contributed by atoms with E-state index in [9.17, 15) is 17.6 Å². The highest BCUT2D eigenvalue weighted by atomic mass is 32.2. The van der Waals surface area contributed by atoms with Crippen molar-refractivity contribution in [3.8, 4) is 0 Å². The third-order valence-corrected chi connectivity index (χ3v) is 6.24. The van der Waals surface area contributed by atoms with Crippen LogP contribution in [-0.2, 0) is 19.6 Å². The second kappa shape index (κ2) is 6.18. The molecule has 8 heteroatoms. The van der Waals surface area contributed by atoms with E-state index in [2.05, 4.69) is 0 Å². The Kier molecular flexibility index (Phi) is 4.39. The Balaban J connectivity index is 1.69. The number of halogens is 1. The van der Waals surface area contributed by atoms with Gasteiger partial charge in [-0.1, -0.05) is 12.1 Å². The number of nitrogens with zero attached hydrogens (tertiary/aromatic N) is 2. The van der Waals surface area contributed by atoms with Gasteiger partial charge in [-0.05, 0) is 19.1 Å². The molecule has 0 spiro atoms. The predicted molar refractivity (Wildman–Crippen MR) is 80.7 cm³/mol. The van der Waals surface area contributed by atoms with E-state index >= 15 is 0 Å². The van der Waals surface area contributed by atoms with E-state index in [-0.39, 0.29) is 36.1 Å². The molecule has 2 atom stereocenters. The van der Waals surface area contributed by atoms with E-state index in [4.69, 9.17) is 4.74 Å². The summed E-state index contributed by atoms with van der Waals surface area (Å²) in [5.41, 5.74) is 0. The van der Waals surface area contributed by atoms with Gasteiger partial charge in [0.2, 0.25) is 10.0 Å². The van der Waals surface area contributed by atoms with Gasteiger partial charge in [0, 0.05) is 32.6 Å². The lowest BCUT2D eigenvalue weighted by Crippen LogP contribution is -2.53. The summed E-state index contributed by atoms with van der Waals surface area (Å²) in [6.45, 7) is 3.17. The van der Waals surface area contributed by atoms with E-state index < -0.39 is 15.8 Å². The third kappa shape index (κ3) is 3.11. The molecular weight excluding hydrogens is 323 g/mol. The first-order chi connectivity index (χ1) is 10.9. The highest BCUT2D eigenvalue weighted by Crippen LogP contribution is 2.24. The zero-order chi connectivity index (χ0) is 16.6. The zero-order valence-electron chi connectivity index (χ0n) is 12.8.